The van der Waals surface area contributed by atoms with Gasteiger partial charge in [0.2, 0.25) is 5.91 Å². The lowest BCUT2D eigenvalue weighted by Crippen LogP contribution is -2.20. The molecule has 0 bridgehead atoms. The number of hydrogen-bond acceptors (Lipinski definition) is 5. The molecule has 1 aromatic heterocycles. The van der Waals surface area contributed by atoms with Gasteiger partial charge < -0.3 is 14.5 Å². The summed E-state index contributed by atoms with van der Waals surface area (Å²) in [5.74, 6) is 0.601. The smallest absolute Gasteiger partial charge is 0.287 e. The van der Waals surface area contributed by atoms with Crippen LogP contribution in [0.5, 0.6) is 5.75 Å². The van der Waals surface area contributed by atoms with Crippen LogP contribution < -0.4 is 10.1 Å². The maximum Gasteiger partial charge on any atom is 0.287 e. The van der Waals surface area contributed by atoms with Gasteiger partial charge in [0.25, 0.3) is 10.7 Å². The lowest BCUT2D eigenvalue weighted by molar-refractivity contribution is -0.117. The largest absolute Gasteiger partial charge is 0.484 e. The highest BCUT2D eigenvalue weighted by Crippen LogP contribution is 2.25. The fraction of sp³-hybridized carbons (Fsp3) is 0.167. The highest BCUT2D eigenvalue weighted by atomic mass is 35.5. The predicted molar refractivity (Wildman–Crippen MR) is 106 cm³/mol. The van der Waals surface area contributed by atoms with Crippen LogP contribution in [-0.4, -0.2) is 15.7 Å². The standard InChI is InChI=1S/C18H15Cl2N3O3S/c1-11-3-2-4-13(7-11)25-10-17-22-23(18(27)26-17)9-16(24)21-15-8-12(19)5-6-14(15)20/h2-8H,9-10H2,1H3,(H,21,24). The summed E-state index contributed by atoms with van der Waals surface area (Å²) in [6.45, 7) is 1.94. The van der Waals surface area contributed by atoms with E-state index in [9.17, 15) is 4.79 Å². The average molecular weight is 424 g/mol. The molecule has 27 heavy (non-hydrogen) atoms. The normalized spacial score (nSPS) is 10.6. The highest BCUT2D eigenvalue weighted by molar-refractivity contribution is 7.71. The topological polar surface area (TPSA) is 69.3 Å². The van der Waals surface area contributed by atoms with Crippen LogP contribution in [0.1, 0.15) is 11.5 Å². The van der Waals surface area contributed by atoms with Gasteiger partial charge in [-0.2, -0.15) is 0 Å². The van der Waals surface area contributed by atoms with Crippen molar-refractivity contribution in [3.05, 3.63) is 68.8 Å². The third-order valence-electron chi connectivity index (χ3n) is 3.50. The van der Waals surface area contributed by atoms with Crippen LogP contribution in [0.15, 0.2) is 46.9 Å². The van der Waals surface area contributed by atoms with Crippen molar-refractivity contribution in [2.45, 2.75) is 20.1 Å². The molecular weight excluding hydrogens is 409 g/mol. The van der Waals surface area contributed by atoms with E-state index in [0.717, 1.165) is 5.56 Å². The van der Waals surface area contributed by atoms with Crippen LogP contribution in [0.25, 0.3) is 0 Å². The maximum absolute atomic E-state index is 12.2. The van der Waals surface area contributed by atoms with Crippen LogP contribution in [0.2, 0.25) is 10.0 Å². The fourth-order valence-corrected chi connectivity index (χ4v) is 2.82. The summed E-state index contributed by atoms with van der Waals surface area (Å²) in [7, 11) is 0. The Kier molecular flexibility index (Phi) is 6.15. The third kappa shape index (κ3) is 5.32. The number of anilines is 1. The Morgan fingerprint density at radius 1 is 1.30 bits per heavy atom. The lowest BCUT2D eigenvalue weighted by atomic mass is 10.2. The number of rotatable bonds is 6. The van der Waals surface area contributed by atoms with E-state index in [1.165, 1.54) is 4.68 Å². The summed E-state index contributed by atoms with van der Waals surface area (Å²) in [5, 5.41) is 7.67. The maximum atomic E-state index is 12.2. The number of halogens is 2. The van der Waals surface area contributed by atoms with Crippen molar-refractivity contribution in [2.24, 2.45) is 0 Å². The van der Waals surface area contributed by atoms with Crippen LogP contribution in [0.3, 0.4) is 0 Å². The Morgan fingerprint density at radius 3 is 2.89 bits per heavy atom. The summed E-state index contributed by atoms with van der Waals surface area (Å²) in [6.07, 6.45) is 0. The van der Waals surface area contributed by atoms with E-state index in [-0.39, 0.29) is 29.8 Å². The molecule has 0 atom stereocenters. The summed E-state index contributed by atoms with van der Waals surface area (Å²) in [6, 6.07) is 12.4. The van der Waals surface area contributed by atoms with Crippen LogP contribution in [-0.2, 0) is 17.9 Å². The molecule has 0 saturated carbocycles. The monoisotopic (exact) mass is 423 g/mol. The number of hydrogen-bond donors (Lipinski definition) is 1. The number of benzene rings is 2. The van der Waals surface area contributed by atoms with Crippen LogP contribution >= 0.6 is 35.4 Å². The molecule has 140 valence electrons. The van der Waals surface area contributed by atoms with Gasteiger partial charge in [0.1, 0.15) is 12.3 Å². The summed E-state index contributed by atoms with van der Waals surface area (Å²) in [4.78, 5) is 12.3. The van der Waals surface area contributed by atoms with Crippen LogP contribution in [0.4, 0.5) is 5.69 Å². The van der Waals surface area contributed by atoms with E-state index in [0.29, 0.717) is 21.5 Å². The van der Waals surface area contributed by atoms with Crippen molar-refractivity contribution in [3.63, 3.8) is 0 Å². The molecule has 0 aliphatic carbocycles. The van der Waals surface area contributed by atoms with E-state index in [4.69, 9.17) is 44.6 Å². The first-order valence-electron chi connectivity index (χ1n) is 7.92. The predicted octanol–water partition coefficient (Wildman–Crippen LogP) is 5.04. The van der Waals surface area contributed by atoms with Gasteiger partial charge in [-0.1, -0.05) is 35.3 Å². The van der Waals surface area contributed by atoms with Crippen molar-refractivity contribution < 1.29 is 13.9 Å². The number of carbonyl (C=O) groups is 1. The summed E-state index contributed by atoms with van der Waals surface area (Å²) in [5.41, 5.74) is 1.49. The van der Waals surface area contributed by atoms with Gasteiger partial charge in [-0.25, -0.2) is 4.68 Å². The molecule has 0 unspecified atom stereocenters. The Labute approximate surface area is 170 Å². The molecule has 2 aromatic carbocycles. The van der Waals surface area contributed by atoms with E-state index in [1.807, 2.05) is 31.2 Å². The zero-order valence-electron chi connectivity index (χ0n) is 14.2. The molecule has 6 nitrogen and oxygen atoms in total. The minimum Gasteiger partial charge on any atom is -0.484 e. The zero-order chi connectivity index (χ0) is 19.4. The average Bonchev–Trinajstić information content (AvgIpc) is 2.96. The Hall–Kier alpha value is -2.35. The molecule has 3 aromatic rings. The van der Waals surface area contributed by atoms with Gasteiger partial charge in [0.05, 0.1) is 10.7 Å². The van der Waals surface area contributed by atoms with Crippen LogP contribution in [0, 0.1) is 11.8 Å². The highest BCUT2D eigenvalue weighted by Gasteiger charge is 2.12. The number of aryl methyl sites for hydroxylation is 1. The minimum absolute atomic E-state index is 0.0742. The quantitative estimate of drug-likeness (QED) is 0.562. The summed E-state index contributed by atoms with van der Waals surface area (Å²) >= 11 is 17.1. The third-order valence-corrected chi connectivity index (χ3v) is 4.35. The first kappa shape index (κ1) is 19.4. The molecule has 0 saturated heterocycles. The van der Waals surface area contributed by atoms with Crippen molar-refractivity contribution in [3.8, 4) is 5.75 Å². The van der Waals surface area contributed by atoms with E-state index in [1.54, 1.807) is 18.2 Å². The SMILES string of the molecule is Cc1cccc(OCc2nn(CC(=O)Nc3cc(Cl)ccc3Cl)c(=S)o2)c1. The first-order chi connectivity index (χ1) is 12.9. The van der Waals surface area contributed by atoms with Gasteiger partial charge in [-0.05, 0) is 55.0 Å². The first-order valence-corrected chi connectivity index (χ1v) is 9.08. The molecule has 0 spiro atoms. The summed E-state index contributed by atoms with van der Waals surface area (Å²) < 4.78 is 12.3. The zero-order valence-corrected chi connectivity index (χ0v) is 16.6. The molecule has 0 aliphatic rings. The van der Waals surface area contributed by atoms with Gasteiger partial charge in [0, 0.05) is 5.02 Å². The number of nitrogens with one attached hydrogen (secondary N) is 1. The number of amides is 1. The number of carbonyl (C=O) groups excluding carboxylic acids is 1. The van der Waals surface area contributed by atoms with E-state index in [2.05, 4.69) is 10.4 Å². The molecule has 1 amide bonds. The van der Waals surface area contributed by atoms with Gasteiger partial charge in [-0.15, -0.1) is 5.10 Å². The molecule has 3 rings (SSSR count). The second-order valence-electron chi connectivity index (χ2n) is 5.70. The molecule has 1 N–H and O–H groups in total. The number of aromatic nitrogens is 2. The van der Waals surface area contributed by atoms with Crippen molar-refractivity contribution in [2.75, 3.05) is 5.32 Å². The molecule has 0 aliphatic heterocycles. The fourth-order valence-electron chi connectivity index (χ4n) is 2.28. The van der Waals surface area contributed by atoms with E-state index >= 15 is 0 Å². The Morgan fingerprint density at radius 2 is 2.11 bits per heavy atom. The number of nitrogens with zero attached hydrogens (tertiary/aromatic N) is 2. The van der Waals surface area contributed by atoms with Gasteiger partial charge >= 0.3 is 0 Å². The molecule has 1 heterocycles. The van der Waals surface area contributed by atoms with Crippen molar-refractivity contribution in [1.82, 2.24) is 9.78 Å². The molecule has 9 heteroatoms. The Balaban J connectivity index is 1.63. The van der Waals surface area contributed by atoms with E-state index < -0.39 is 0 Å². The van der Waals surface area contributed by atoms with Crippen molar-refractivity contribution >= 4 is 47.0 Å². The van der Waals surface area contributed by atoms with Gasteiger partial charge in [0.15, 0.2) is 6.61 Å². The molecule has 0 radical (unpaired) electrons. The number of ether oxygens (including phenoxy) is 1. The minimum atomic E-state index is -0.366. The Bertz CT molecular complexity index is 1030. The lowest BCUT2D eigenvalue weighted by Gasteiger charge is -2.07. The van der Waals surface area contributed by atoms with Gasteiger partial charge in [-0.3, -0.25) is 4.79 Å². The second-order valence-corrected chi connectivity index (χ2v) is 6.89. The second kappa shape index (κ2) is 8.56. The molecule has 0 fully saturated rings. The van der Waals surface area contributed by atoms with Crippen molar-refractivity contribution in [1.29, 1.82) is 0 Å². The molecular formula is C18H15Cl2N3O3S.